The van der Waals surface area contributed by atoms with E-state index in [1.54, 1.807) is 6.33 Å². The number of guanidine groups is 2. The molecule has 0 atom stereocenters. The summed E-state index contributed by atoms with van der Waals surface area (Å²) < 4.78 is 0. The average Bonchev–Trinajstić information content (AvgIpc) is 3.13. The highest BCUT2D eigenvalue weighted by Gasteiger charge is 2.22. The summed E-state index contributed by atoms with van der Waals surface area (Å²) in [6, 6.07) is 28.7. The molecule has 262 valence electrons. The minimum absolute atomic E-state index is 0.0408. The zero-order chi connectivity index (χ0) is 36.8. The van der Waals surface area contributed by atoms with Gasteiger partial charge in [0.1, 0.15) is 6.33 Å². The fourth-order valence-corrected chi connectivity index (χ4v) is 5.84. The lowest BCUT2D eigenvalue weighted by Crippen LogP contribution is -2.45. The number of nitrogens with one attached hydrogen (secondary N) is 1. The van der Waals surface area contributed by atoms with E-state index in [-0.39, 0.29) is 11.4 Å². The van der Waals surface area contributed by atoms with Crippen LogP contribution < -0.4 is 22.5 Å². The molecule has 0 radical (unpaired) electrons. The number of aliphatic imine (C=N–C) groups is 2. The largest absolute Gasteiger partial charge is 0.370 e. The first-order valence-electron chi connectivity index (χ1n) is 17.2. The molecule has 6 rings (SSSR count). The molecule has 0 amide bonds. The van der Waals surface area contributed by atoms with Gasteiger partial charge >= 0.3 is 0 Å². The van der Waals surface area contributed by atoms with Crippen molar-refractivity contribution in [1.82, 2.24) is 25.3 Å². The maximum Gasteiger partial charge on any atom is 0.189 e. The van der Waals surface area contributed by atoms with E-state index < -0.39 is 5.54 Å². The van der Waals surface area contributed by atoms with Crippen LogP contribution in [0.4, 0.5) is 0 Å². The van der Waals surface area contributed by atoms with Crippen LogP contribution in [0.2, 0.25) is 0 Å². The number of aromatic nitrogens is 4. The topological polar surface area (TPSA) is 166 Å². The predicted molar refractivity (Wildman–Crippen MR) is 211 cm³/mol. The molecule has 0 unspecified atom stereocenters. The van der Waals surface area contributed by atoms with Crippen molar-refractivity contribution < 1.29 is 0 Å². The molecular formula is C41H48N10. The summed E-state index contributed by atoms with van der Waals surface area (Å²) in [6.07, 6.45) is 3.40. The molecule has 2 heterocycles. The van der Waals surface area contributed by atoms with Gasteiger partial charge in [-0.2, -0.15) is 0 Å². The second-order valence-corrected chi connectivity index (χ2v) is 13.7. The summed E-state index contributed by atoms with van der Waals surface area (Å²) in [4.78, 5) is 27.7. The molecule has 7 N–H and O–H groups in total. The molecule has 0 saturated carbocycles. The molecule has 2 aromatic heterocycles. The third-order valence-electron chi connectivity index (χ3n) is 8.60. The number of rotatable bonds is 8. The summed E-state index contributed by atoms with van der Waals surface area (Å²) in [5.74, 6) is 0.378. The molecular weight excluding hydrogens is 633 g/mol. The van der Waals surface area contributed by atoms with E-state index in [1.165, 1.54) is 5.56 Å². The minimum Gasteiger partial charge on any atom is -0.370 e. The van der Waals surface area contributed by atoms with Gasteiger partial charge in [0.2, 0.25) is 0 Å². The van der Waals surface area contributed by atoms with E-state index in [2.05, 4.69) is 108 Å². The number of nitrogens with zero attached hydrogens (tertiary/aromatic N) is 6. The average molecular weight is 681 g/mol. The van der Waals surface area contributed by atoms with Crippen molar-refractivity contribution in [3.63, 3.8) is 0 Å². The summed E-state index contributed by atoms with van der Waals surface area (Å²) in [7, 11) is 0. The quantitative estimate of drug-likeness (QED) is 0.0957. The Morgan fingerprint density at radius 3 is 2.06 bits per heavy atom. The van der Waals surface area contributed by atoms with Gasteiger partial charge in [0.25, 0.3) is 0 Å². The van der Waals surface area contributed by atoms with Gasteiger partial charge in [-0.3, -0.25) is 4.98 Å². The van der Waals surface area contributed by atoms with Crippen LogP contribution in [0.1, 0.15) is 70.7 Å². The van der Waals surface area contributed by atoms with E-state index in [1.807, 2.05) is 56.4 Å². The van der Waals surface area contributed by atoms with Crippen LogP contribution in [0.25, 0.3) is 44.5 Å². The maximum atomic E-state index is 6.44. The fraction of sp³-hybridized carbons (Fsp3) is 0.268. The number of fused-ring (bicyclic) bond motifs is 2. The van der Waals surface area contributed by atoms with Gasteiger partial charge in [-0.05, 0) is 42.5 Å². The number of benzene rings is 4. The first-order chi connectivity index (χ1) is 24.4. The van der Waals surface area contributed by atoms with E-state index >= 15 is 0 Å². The highest BCUT2D eigenvalue weighted by Crippen LogP contribution is 2.30. The maximum absolute atomic E-state index is 6.44. The van der Waals surface area contributed by atoms with E-state index in [0.29, 0.717) is 19.0 Å². The molecule has 6 aromatic rings. The van der Waals surface area contributed by atoms with E-state index in [0.717, 1.165) is 61.1 Å². The Morgan fingerprint density at radius 1 is 0.686 bits per heavy atom. The summed E-state index contributed by atoms with van der Waals surface area (Å²) >= 11 is 0. The van der Waals surface area contributed by atoms with Gasteiger partial charge in [-0.1, -0.05) is 107 Å². The van der Waals surface area contributed by atoms with Crippen molar-refractivity contribution in [2.45, 2.75) is 72.5 Å². The second-order valence-electron chi connectivity index (χ2n) is 13.7. The van der Waals surface area contributed by atoms with Crippen LogP contribution in [-0.2, 0) is 24.0 Å². The second kappa shape index (κ2) is 15.3. The zero-order valence-electron chi connectivity index (χ0n) is 30.6. The smallest absolute Gasteiger partial charge is 0.189 e. The highest BCUT2D eigenvalue weighted by molar-refractivity contribution is 5.94. The first kappa shape index (κ1) is 36.4. The third-order valence-corrected chi connectivity index (χ3v) is 8.60. The van der Waals surface area contributed by atoms with Crippen LogP contribution >= 0.6 is 0 Å². The lowest BCUT2D eigenvalue weighted by Gasteiger charge is -2.27. The third kappa shape index (κ3) is 8.46. The monoisotopic (exact) mass is 680 g/mol. The Bertz CT molecular complexity index is 2190. The Hall–Kier alpha value is -5.90. The van der Waals surface area contributed by atoms with E-state index in [4.69, 9.17) is 27.2 Å². The van der Waals surface area contributed by atoms with Gasteiger partial charge in [0, 0.05) is 27.6 Å². The number of nitrogens with two attached hydrogens (primary N) is 3. The predicted octanol–water partition coefficient (Wildman–Crippen LogP) is 7.34. The molecule has 0 spiro atoms. The molecule has 0 bridgehead atoms. The van der Waals surface area contributed by atoms with Gasteiger partial charge in [-0.15, -0.1) is 0 Å². The van der Waals surface area contributed by atoms with Crippen molar-refractivity contribution in [2.24, 2.45) is 27.2 Å². The van der Waals surface area contributed by atoms with Gasteiger partial charge in [0.15, 0.2) is 11.9 Å². The van der Waals surface area contributed by atoms with Crippen molar-refractivity contribution in [1.29, 1.82) is 0 Å². The van der Waals surface area contributed by atoms with Crippen LogP contribution in [-0.4, -0.2) is 31.9 Å². The lowest BCUT2D eigenvalue weighted by atomic mass is 9.86. The Balaban J connectivity index is 0.00000248. The van der Waals surface area contributed by atoms with Crippen LogP contribution in [0.3, 0.4) is 0 Å². The summed E-state index contributed by atoms with van der Waals surface area (Å²) in [5.41, 5.74) is 27.4. The van der Waals surface area contributed by atoms with E-state index in [9.17, 15) is 0 Å². The molecule has 0 aliphatic heterocycles. The Morgan fingerprint density at radius 2 is 1.35 bits per heavy atom. The normalized spacial score (nSPS) is 11.9. The number of hydrogen-bond acceptors (Lipinski definition) is 6. The van der Waals surface area contributed by atoms with Gasteiger partial charge in [-0.25, -0.2) is 24.9 Å². The van der Waals surface area contributed by atoms with Crippen LogP contribution in [0.5, 0.6) is 0 Å². The van der Waals surface area contributed by atoms with Gasteiger partial charge in [0.05, 0.1) is 52.8 Å². The molecule has 10 nitrogen and oxygen atoms in total. The zero-order valence-corrected chi connectivity index (χ0v) is 30.6. The van der Waals surface area contributed by atoms with Gasteiger partial charge < -0.3 is 22.5 Å². The SMILES string of the molecule is CC.CC(C)(C)c1cccc(-c2cnc3c(CN=C(N)NC(C)(C)c4ccc(-c5ncnc6c(CN=C(N)N)cccc56)cc4)cccc3n2)c1. The molecule has 51 heavy (non-hydrogen) atoms. The molecule has 10 heteroatoms. The molecule has 0 aliphatic carbocycles. The minimum atomic E-state index is -0.498. The highest BCUT2D eigenvalue weighted by atomic mass is 15.1. The molecule has 0 fully saturated rings. The first-order valence-corrected chi connectivity index (χ1v) is 17.2. The molecule has 0 aliphatic rings. The Kier molecular flexibility index (Phi) is 10.9. The fourth-order valence-electron chi connectivity index (χ4n) is 5.84. The van der Waals surface area contributed by atoms with Crippen molar-refractivity contribution >= 4 is 33.9 Å². The summed E-state index contributed by atoms with van der Waals surface area (Å²) in [6.45, 7) is 15.5. The molecule has 0 saturated heterocycles. The van der Waals surface area contributed by atoms with Crippen LogP contribution in [0.15, 0.2) is 107 Å². The van der Waals surface area contributed by atoms with Crippen molar-refractivity contribution in [2.75, 3.05) is 0 Å². The van der Waals surface area contributed by atoms with Crippen molar-refractivity contribution in [3.05, 3.63) is 120 Å². The standard InChI is InChI=1S/C39H42N10.C2H6/c1-38(2,3)29-12-6-9-25(19-29)32-22-43-35-27(11-8-14-31(35)48-32)21-45-37(42)49-39(4,5)28-17-15-24(16-18-28)33-30-13-7-10-26(20-44-36(40)41)34(30)47-23-46-33;1-2/h6-19,22-23H,20-21H2,1-5H3,(H4,40,41,44)(H3,42,45,49);1-2H3. The number of para-hydroxylation sites is 2. The van der Waals surface area contributed by atoms with Crippen LogP contribution in [0, 0.1) is 0 Å². The van der Waals surface area contributed by atoms with Crippen molar-refractivity contribution in [3.8, 4) is 22.5 Å². The molecule has 4 aromatic carbocycles. The number of hydrogen-bond donors (Lipinski definition) is 4. The Labute approximate surface area is 300 Å². The summed E-state index contributed by atoms with van der Waals surface area (Å²) in [5, 5.41) is 4.32. The lowest BCUT2D eigenvalue weighted by molar-refractivity contribution is 0.483.